The molecule has 6 nitrogen and oxygen atoms in total. The molecule has 1 aliphatic heterocycles. The second-order valence-corrected chi connectivity index (χ2v) is 9.58. The van der Waals surface area contributed by atoms with Crippen molar-refractivity contribution in [1.82, 2.24) is 10.3 Å². The molecule has 38 heavy (non-hydrogen) atoms. The molecule has 2 amide bonds. The van der Waals surface area contributed by atoms with Crippen LogP contribution in [0.2, 0.25) is 0 Å². The van der Waals surface area contributed by atoms with Crippen LogP contribution in [0.15, 0.2) is 95.7 Å². The number of nitrogens with one attached hydrogen (secondary N) is 1. The van der Waals surface area contributed by atoms with Gasteiger partial charge >= 0.3 is 0 Å². The summed E-state index contributed by atoms with van der Waals surface area (Å²) >= 11 is 0. The summed E-state index contributed by atoms with van der Waals surface area (Å²) in [5.74, 6) is -0.362. The van der Waals surface area contributed by atoms with Crippen molar-refractivity contribution < 1.29 is 9.59 Å². The van der Waals surface area contributed by atoms with Gasteiger partial charge in [0.25, 0.3) is 11.8 Å². The Labute approximate surface area is 225 Å². The minimum absolute atomic E-state index is 0.0387. The normalized spacial score (nSPS) is 17.6. The summed E-state index contributed by atoms with van der Waals surface area (Å²) in [5, 5.41) is 4.22. The van der Waals surface area contributed by atoms with Crippen LogP contribution in [-0.4, -0.2) is 42.6 Å². The summed E-state index contributed by atoms with van der Waals surface area (Å²) in [5.41, 5.74) is 8.29. The molecule has 0 aliphatic carbocycles. The first-order valence-corrected chi connectivity index (χ1v) is 13.3. The van der Waals surface area contributed by atoms with Crippen molar-refractivity contribution in [3.05, 3.63) is 113 Å². The zero-order chi connectivity index (χ0) is 27.1. The molecule has 1 unspecified atom stereocenters. The third kappa shape index (κ3) is 5.40. The molecule has 0 radical (unpaired) electrons. The number of fused-ring (bicyclic) bond motifs is 1. The number of amides is 2. The monoisotopic (exact) mass is 508 g/mol. The van der Waals surface area contributed by atoms with Crippen LogP contribution in [0.3, 0.4) is 0 Å². The SMILES string of the molecule is CCN(CC)C(=O)c1ccc(C(=O)N/N=C/C=C2\N(CC)c3ccccc3C2(C)Cc2ccccc2)cc1. The number of hydrogen-bond acceptors (Lipinski definition) is 4. The van der Waals surface area contributed by atoms with Crippen molar-refractivity contribution in [1.29, 1.82) is 0 Å². The van der Waals surface area contributed by atoms with E-state index in [0.29, 0.717) is 24.2 Å². The molecule has 3 aromatic carbocycles. The molecule has 0 saturated heterocycles. The summed E-state index contributed by atoms with van der Waals surface area (Å²) in [6.07, 6.45) is 4.51. The number of allylic oxidation sites excluding steroid dienone is 2. The number of rotatable bonds is 9. The number of carbonyl (C=O) groups is 2. The van der Waals surface area contributed by atoms with Gasteiger partial charge < -0.3 is 9.80 Å². The second-order valence-electron chi connectivity index (χ2n) is 9.58. The quantitative estimate of drug-likeness (QED) is 0.293. The molecule has 3 aromatic rings. The van der Waals surface area contributed by atoms with Gasteiger partial charge in [-0.1, -0.05) is 48.5 Å². The highest BCUT2D eigenvalue weighted by atomic mass is 16.2. The van der Waals surface area contributed by atoms with Crippen molar-refractivity contribution in [2.24, 2.45) is 5.10 Å². The van der Waals surface area contributed by atoms with Crippen LogP contribution in [0.4, 0.5) is 5.69 Å². The van der Waals surface area contributed by atoms with E-state index in [-0.39, 0.29) is 17.2 Å². The molecule has 1 atom stereocenters. The van der Waals surface area contributed by atoms with Crippen LogP contribution in [0.1, 0.15) is 59.5 Å². The first-order chi connectivity index (χ1) is 18.4. The lowest BCUT2D eigenvalue weighted by molar-refractivity contribution is 0.0772. The zero-order valence-electron chi connectivity index (χ0n) is 22.6. The fourth-order valence-electron chi connectivity index (χ4n) is 5.27. The van der Waals surface area contributed by atoms with Crippen LogP contribution in [0.25, 0.3) is 0 Å². The number of benzene rings is 3. The van der Waals surface area contributed by atoms with Crippen molar-refractivity contribution >= 4 is 23.7 Å². The van der Waals surface area contributed by atoms with Gasteiger partial charge in [-0.25, -0.2) is 5.43 Å². The van der Waals surface area contributed by atoms with Crippen LogP contribution >= 0.6 is 0 Å². The molecule has 4 rings (SSSR count). The Hall–Kier alpha value is -4.19. The Kier molecular flexibility index (Phi) is 8.41. The first kappa shape index (κ1) is 26.9. The predicted octanol–water partition coefficient (Wildman–Crippen LogP) is 5.81. The van der Waals surface area contributed by atoms with E-state index in [9.17, 15) is 9.59 Å². The summed E-state index contributed by atoms with van der Waals surface area (Å²) in [4.78, 5) is 29.3. The Balaban J connectivity index is 1.52. The topological polar surface area (TPSA) is 65.0 Å². The molecule has 0 fully saturated rings. The average molecular weight is 509 g/mol. The predicted molar refractivity (Wildman–Crippen MR) is 155 cm³/mol. The van der Waals surface area contributed by atoms with Gasteiger partial charge in [-0.3, -0.25) is 9.59 Å². The highest BCUT2D eigenvalue weighted by Crippen LogP contribution is 2.49. The summed E-state index contributed by atoms with van der Waals surface area (Å²) in [7, 11) is 0. The molecule has 0 saturated carbocycles. The number of nitrogens with zero attached hydrogens (tertiary/aromatic N) is 3. The molecular weight excluding hydrogens is 472 g/mol. The Morgan fingerprint density at radius 3 is 2.18 bits per heavy atom. The second kappa shape index (κ2) is 11.9. The van der Waals surface area contributed by atoms with E-state index in [0.717, 1.165) is 18.7 Å². The summed E-state index contributed by atoms with van der Waals surface area (Å²) in [6.45, 7) is 10.4. The zero-order valence-corrected chi connectivity index (χ0v) is 22.6. The summed E-state index contributed by atoms with van der Waals surface area (Å²) < 4.78 is 0. The van der Waals surface area contributed by atoms with E-state index in [4.69, 9.17) is 0 Å². The molecule has 196 valence electrons. The highest BCUT2D eigenvalue weighted by molar-refractivity contribution is 5.98. The molecule has 1 heterocycles. The fourth-order valence-corrected chi connectivity index (χ4v) is 5.27. The maximum atomic E-state index is 12.7. The van der Waals surface area contributed by atoms with E-state index in [1.807, 2.05) is 26.0 Å². The minimum atomic E-state index is -0.324. The van der Waals surface area contributed by atoms with Crippen molar-refractivity contribution in [2.45, 2.75) is 39.5 Å². The Morgan fingerprint density at radius 1 is 0.895 bits per heavy atom. The van der Waals surface area contributed by atoms with Crippen molar-refractivity contribution in [2.75, 3.05) is 24.5 Å². The Morgan fingerprint density at radius 2 is 1.53 bits per heavy atom. The summed E-state index contributed by atoms with van der Waals surface area (Å²) in [6, 6.07) is 25.7. The number of anilines is 1. The maximum Gasteiger partial charge on any atom is 0.271 e. The van der Waals surface area contributed by atoms with Gasteiger partial charge in [0.2, 0.25) is 0 Å². The molecular formula is C32H36N4O2. The number of hydrazone groups is 1. The molecule has 0 bridgehead atoms. The molecule has 0 aromatic heterocycles. The average Bonchev–Trinajstić information content (AvgIpc) is 3.19. The van der Waals surface area contributed by atoms with E-state index in [1.54, 1.807) is 35.4 Å². The lowest BCUT2D eigenvalue weighted by Crippen LogP contribution is -2.31. The van der Waals surface area contributed by atoms with Gasteiger partial charge in [0.05, 0.1) is 0 Å². The van der Waals surface area contributed by atoms with Crippen LogP contribution in [-0.2, 0) is 11.8 Å². The Bertz CT molecular complexity index is 1330. The number of carbonyl (C=O) groups excluding carboxylic acids is 2. The van der Waals surface area contributed by atoms with Gasteiger partial charge in [-0.05, 0) is 81.7 Å². The number of likely N-dealkylation sites (N-methyl/N-ethyl adjacent to an activating group) is 1. The lowest BCUT2D eigenvalue weighted by Gasteiger charge is -2.30. The lowest BCUT2D eigenvalue weighted by atomic mass is 9.76. The largest absolute Gasteiger partial charge is 0.344 e. The van der Waals surface area contributed by atoms with Gasteiger partial charge in [0, 0.05) is 53.8 Å². The van der Waals surface area contributed by atoms with E-state index in [1.165, 1.54) is 16.8 Å². The van der Waals surface area contributed by atoms with Gasteiger partial charge in [0.15, 0.2) is 0 Å². The van der Waals surface area contributed by atoms with Crippen LogP contribution in [0.5, 0.6) is 0 Å². The molecule has 1 N–H and O–H groups in total. The van der Waals surface area contributed by atoms with Crippen molar-refractivity contribution in [3.8, 4) is 0 Å². The van der Waals surface area contributed by atoms with E-state index >= 15 is 0 Å². The third-order valence-corrected chi connectivity index (χ3v) is 7.28. The van der Waals surface area contributed by atoms with E-state index in [2.05, 4.69) is 77.8 Å². The standard InChI is InChI=1S/C32H36N4O2/c1-5-35(6-2)31(38)26-19-17-25(18-20-26)30(37)34-33-22-21-29-32(4,23-24-13-9-8-10-14-24)27-15-11-12-16-28(27)36(29)7-3/h8-22H,5-7,23H2,1-4H3,(H,34,37)/b29-21-,33-22+. The number of hydrogen-bond donors (Lipinski definition) is 1. The van der Waals surface area contributed by atoms with Crippen molar-refractivity contribution in [3.63, 3.8) is 0 Å². The fraction of sp³-hybridized carbons (Fsp3) is 0.281. The van der Waals surface area contributed by atoms with Gasteiger partial charge in [0.1, 0.15) is 0 Å². The minimum Gasteiger partial charge on any atom is -0.344 e. The van der Waals surface area contributed by atoms with Gasteiger partial charge in [-0.15, -0.1) is 0 Å². The molecule has 1 aliphatic rings. The number of para-hydroxylation sites is 1. The third-order valence-electron chi connectivity index (χ3n) is 7.28. The molecule has 0 spiro atoms. The maximum absolute atomic E-state index is 12.7. The van der Waals surface area contributed by atoms with Crippen LogP contribution in [0, 0.1) is 0 Å². The smallest absolute Gasteiger partial charge is 0.271 e. The van der Waals surface area contributed by atoms with Gasteiger partial charge in [-0.2, -0.15) is 5.10 Å². The van der Waals surface area contributed by atoms with Crippen LogP contribution < -0.4 is 10.3 Å². The molecule has 6 heteroatoms. The van der Waals surface area contributed by atoms with E-state index < -0.39 is 0 Å². The highest BCUT2D eigenvalue weighted by Gasteiger charge is 2.42. The first-order valence-electron chi connectivity index (χ1n) is 13.3.